The highest BCUT2D eigenvalue weighted by atomic mass is 16.5. The van der Waals surface area contributed by atoms with Crippen molar-refractivity contribution in [1.29, 1.82) is 0 Å². The van der Waals surface area contributed by atoms with Gasteiger partial charge in [0.25, 0.3) is 0 Å². The summed E-state index contributed by atoms with van der Waals surface area (Å²) in [6.45, 7) is 9.19. The van der Waals surface area contributed by atoms with Gasteiger partial charge in [-0.05, 0) is 63.8 Å². The van der Waals surface area contributed by atoms with Crippen molar-refractivity contribution < 1.29 is 14.3 Å². The number of rotatable bonds is 10. The minimum absolute atomic E-state index is 0.0581. The first-order valence-electron chi connectivity index (χ1n) is 9.67. The molecule has 0 aromatic heterocycles. The Bertz CT molecular complexity index is 726. The van der Waals surface area contributed by atoms with Crippen molar-refractivity contribution in [3.63, 3.8) is 0 Å². The first-order valence-corrected chi connectivity index (χ1v) is 9.67. The molecule has 2 aromatic carbocycles. The van der Waals surface area contributed by atoms with E-state index in [1.165, 1.54) is 5.56 Å². The van der Waals surface area contributed by atoms with Crippen LogP contribution in [0.1, 0.15) is 45.2 Å². The van der Waals surface area contributed by atoms with E-state index in [9.17, 15) is 4.79 Å². The van der Waals surface area contributed by atoms with Crippen LogP contribution in [0.4, 0.5) is 0 Å². The normalized spacial score (nSPS) is 11.1. The quantitative estimate of drug-likeness (QED) is 0.668. The fourth-order valence-electron chi connectivity index (χ4n) is 3.10. The SMILES string of the molecule is CCOc1ccc(CCC(=O)NC(C)(C)Cc2ccccc2)cc1OCC. The molecule has 146 valence electrons. The van der Waals surface area contributed by atoms with Crippen LogP contribution in [-0.2, 0) is 17.6 Å². The Morgan fingerprint density at radius 3 is 2.26 bits per heavy atom. The zero-order valence-corrected chi connectivity index (χ0v) is 16.9. The van der Waals surface area contributed by atoms with Gasteiger partial charge in [0.15, 0.2) is 11.5 Å². The van der Waals surface area contributed by atoms with Crippen molar-refractivity contribution >= 4 is 5.91 Å². The highest BCUT2D eigenvalue weighted by molar-refractivity contribution is 5.77. The zero-order valence-electron chi connectivity index (χ0n) is 16.9. The van der Waals surface area contributed by atoms with Gasteiger partial charge in [-0.25, -0.2) is 0 Å². The Morgan fingerprint density at radius 1 is 0.926 bits per heavy atom. The third-order valence-electron chi connectivity index (χ3n) is 4.22. The van der Waals surface area contributed by atoms with Gasteiger partial charge in [-0.15, -0.1) is 0 Å². The van der Waals surface area contributed by atoms with Crippen LogP contribution in [0.3, 0.4) is 0 Å². The van der Waals surface area contributed by atoms with Crippen molar-refractivity contribution in [2.45, 2.75) is 52.5 Å². The smallest absolute Gasteiger partial charge is 0.220 e. The number of aryl methyl sites for hydroxylation is 1. The number of hydrogen-bond donors (Lipinski definition) is 1. The highest BCUT2D eigenvalue weighted by Crippen LogP contribution is 2.29. The monoisotopic (exact) mass is 369 g/mol. The number of amides is 1. The fraction of sp³-hybridized carbons (Fsp3) is 0.435. The van der Waals surface area contributed by atoms with Crippen LogP contribution in [0.25, 0.3) is 0 Å². The highest BCUT2D eigenvalue weighted by Gasteiger charge is 2.20. The number of carbonyl (C=O) groups is 1. The number of benzene rings is 2. The summed E-state index contributed by atoms with van der Waals surface area (Å²) in [5.74, 6) is 1.54. The van der Waals surface area contributed by atoms with Crippen molar-refractivity contribution in [3.05, 3.63) is 59.7 Å². The lowest BCUT2D eigenvalue weighted by molar-refractivity contribution is -0.122. The number of hydrogen-bond acceptors (Lipinski definition) is 3. The van der Waals surface area contributed by atoms with E-state index in [1.54, 1.807) is 0 Å². The van der Waals surface area contributed by atoms with Gasteiger partial charge < -0.3 is 14.8 Å². The van der Waals surface area contributed by atoms with E-state index in [0.29, 0.717) is 26.1 Å². The van der Waals surface area contributed by atoms with E-state index >= 15 is 0 Å². The molecule has 0 atom stereocenters. The van der Waals surface area contributed by atoms with Gasteiger partial charge in [-0.3, -0.25) is 4.79 Å². The van der Waals surface area contributed by atoms with E-state index in [-0.39, 0.29) is 11.4 Å². The molecule has 0 saturated carbocycles. The lowest BCUT2D eigenvalue weighted by Gasteiger charge is -2.26. The van der Waals surface area contributed by atoms with Crippen LogP contribution >= 0.6 is 0 Å². The van der Waals surface area contributed by atoms with Crippen LogP contribution in [0.2, 0.25) is 0 Å². The van der Waals surface area contributed by atoms with E-state index in [0.717, 1.165) is 23.5 Å². The number of ether oxygens (including phenoxy) is 2. The topological polar surface area (TPSA) is 47.6 Å². The second-order valence-corrected chi connectivity index (χ2v) is 7.24. The number of carbonyl (C=O) groups excluding carboxylic acids is 1. The van der Waals surface area contributed by atoms with Gasteiger partial charge in [-0.1, -0.05) is 36.4 Å². The molecule has 0 heterocycles. The minimum atomic E-state index is -0.284. The second kappa shape index (κ2) is 10.0. The summed E-state index contributed by atoms with van der Waals surface area (Å²) >= 11 is 0. The molecular weight excluding hydrogens is 338 g/mol. The zero-order chi connectivity index (χ0) is 19.7. The molecule has 4 heteroatoms. The molecule has 1 N–H and O–H groups in total. The van der Waals surface area contributed by atoms with E-state index < -0.39 is 0 Å². The summed E-state index contributed by atoms with van der Waals surface area (Å²) in [6.07, 6.45) is 1.91. The molecule has 2 aromatic rings. The van der Waals surface area contributed by atoms with Gasteiger partial charge in [0, 0.05) is 12.0 Å². The summed E-state index contributed by atoms with van der Waals surface area (Å²) in [6, 6.07) is 16.1. The Balaban J connectivity index is 1.91. The van der Waals surface area contributed by atoms with Gasteiger partial charge in [0.1, 0.15) is 0 Å². The summed E-state index contributed by atoms with van der Waals surface area (Å²) in [5.41, 5.74) is 2.00. The van der Waals surface area contributed by atoms with Crippen LogP contribution < -0.4 is 14.8 Å². The van der Waals surface area contributed by atoms with Gasteiger partial charge in [0.2, 0.25) is 5.91 Å². The van der Waals surface area contributed by atoms with Crippen molar-refractivity contribution in [2.24, 2.45) is 0 Å². The molecule has 0 aliphatic carbocycles. The molecule has 4 nitrogen and oxygen atoms in total. The molecule has 0 spiro atoms. The molecule has 0 aliphatic rings. The first kappa shape index (κ1) is 20.8. The summed E-state index contributed by atoms with van der Waals surface area (Å²) in [4.78, 5) is 12.4. The maximum Gasteiger partial charge on any atom is 0.220 e. The predicted octanol–water partition coefficient (Wildman–Crippen LogP) is 4.55. The van der Waals surface area contributed by atoms with Crippen LogP contribution in [0.5, 0.6) is 11.5 Å². The molecule has 0 unspecified atom stereocenters. The Morgan fingerprint density at radius 2 is 1.59 bits per heavy atom. The lowest BCUT2D eigenvalue weighted by atomic mass is 9.94. The van der Waals surface area contributed by atoms with E-state index in [2.05, 4.69) is 31.3 Å². The Hall–Kier alpha value is -2.49. The van der Waals surface area contributed by atoms with Crippen molar-refractivity contribution in [3.8, 4) is 11.5 Å². The van der Waals surface area contributed by atoms with Crippen molar-refractivity contribution in [2.75, 3.05) is 13.2 Å². The molecule has 0 aliphatic heterocycles. The van der Waals surface area contributed by atoms with E-state index in [1.807, 2.05) is 50.2 Å². The molecule has 0 radical (unpaired) electrons. The Labute approximate surface area is 162 Å². The molecule has 2 rings (SSSR count). The molecule has 1 amide bonds. The van der Waals surface area contributed by atoms with Crippen molar-refractivity contribution in [1.82, 2.24) is 5.32 Å². The third-order valence-corrected chi connectivity index (χ3v) is 4.22. The predicted molar refractivity (Wildman–Crippen MR) is 109 cm³/mol. The minimum Gasteiger partial charge on any atom is -0.490 e. The average molecular weight is 370 g/mol. The third kappa shape index (κ3) is 6.97. The summed E-state index contributed by atoms with van der Waals surface area (Å²) in [7, 11) is 0. The molecule has 0 bridgehead atoms. The van der Waals surface area contributed by atoms with Crippen LogP contribution in [0, 0.1) is 0 Å². The fourth-order valence-corrected chi connectivity index (χ4v) is 3.10. The molecule has 27 heavy (non-hydrogen) atoms. The summed E-state index contributed by atoms with van der Waals surface area (Å²) < 4.78 is 11.2. The summed E-state index contributed by atoms with van der Waals surface area (Å²) in [5, 5.41) is 3.15. The first-order chi connectivity index (χ1) is 12.9. The number of nitrogens with one attached hydrogen (secondary N) is 1. The maximum atomic E-state index is 12.4. The standard InChI is InChI=1S/C23H31NO3/c1-5-26-20-14-12-18(16-21(20)27-6-2)13-15-22(25)24-23(3,4)17-19-10-8-7-9-11-19/h7-12,14,16H,5-6,13,15,17H2,1-4H3,(H,24,25). The molecule has 0 fully saturated rings. The second-order valence-electron chi connectivity index (χ2n) is 7.24. The van der Waals surface area contributed by atoms with Gasteiger partial charge in [0.05, 0.1) is 13.2 Å². The largest absolute Gasteiger partial charge is 0.490 e. The van der Waals surface area contributed by atoms with Gasteiger partial charge in [-0.2, -0.15) is 0 Å². The maximum absolute atomic E-state index is 12.4. The molecular formula is C23H31NO3. The van der Waals surface area contributed by atoms with Crippen LogP contribution in [-0.4, -0.2) is 24.7 Å². The molecule has 0 saturated heterocycles. The Kier molecular flexibility index (Phi) is 7.71. The van der Waals surface area contributed by atoms with Crippen LogP contribution in [0.15, 0.2) is 48.5 Å². The average Bonchev–Trinajstić information content (AvgIpc) is 2.62. The van der Waals surface area contributed by atoms with E-state index in [4.69, 9.17) is 9.47 Å². The van der Waals surface area contributed by atoms with Gasteiger partial charge >= 0.3 is 0 Å². The lowest BCUT2D eigenvalue weighted by Crippen LogP contribution is -2.45.